The van der Waals surface area contributed by atoms with Crippen molar-refractivity contribution in [3.63, 3.8) is 0 Å². The van der Waals surface area contributed by atoms with Gasteiger partial charge in [-0.2, -0.15) is 5.26 Å². The van der Waals surface area contributed by atoms with Crippen LogP contribution in [0.1, 0.15) is 68.4 Å². The molecule has 0 amide bonds. The van der Waals surface area contributed by atoms with Gasteiger partial charge in [-0.15, -0.1) is 0 Å². The standard InChI is InChI=1S/C22H19NO3.C4H10/c1-3-14(2)13-26-22(25)20(12-23)17-9-6-10-18-19(17)11-15-7-4-5-8-16(15)21(18)24;1-3-4-2/h4-11,14H,3,13H2,1-2H3;3-4H2,1-2H3/b20-17+;. The third-order valence-electron chi connectivity index (χ3n) is 5.14. The van der Waals surface area contributed by atoms with Crippen LogP contribution in [0.5, 0.6) is 0 Å². The monoisotopic (exact) mass is 403 g/mol. The van der Waals surface area contributed by atoms with Gasteiger partial charge in [0.25, 0.3) is 0 Å². The highest BCUT2D eigenvalue weighted by Crippen LogP contribution is 2.17. The number of hydrogen-bond donors (Lipinski definition) is 0. The normalized spacial score (nSPS) is 13.4. The second kappa shape index (κ2) is 11.1. The van der Waals surface area contributed by atoms with Gasteiger partial charge in [-0.3, -0.25) is 4.79 Å². The van der Waals surface area contributed by atoms with Crippen molar-refractivity contribution in [2.45, 2.75) is 47.0 Å². The Balaban J connectivity index is 0.000000735. The predicted molar refractivity (Wildman–Crippen MR) is 119 cm³/mol. The molecule has 1 atom stereocenters. The molecule has 0 aliphatic heterocycles. The van der Waals surface area contributed by atoms with Crippen LogP contribution in [-0.4, -0.2) is 18.4 Å². The van der Waals surface area contributed by atoms with Crippen molar-refractivity contribution in [1.82, 2.24) is 0 Å². The molecule has 0 saturated carbocycles. The molecule has 1 aliphatic carbocycles. The molecule has 0 spiro atoms. The van der Waals surface area contributed by atoms with Gasteiger partial charge >= 0.3 is 5.97 Å². The van der Waals surface area contributed by atoms with E-state index in [-0.39, 0.29) is 23.9 Å². The summed E-state index contributed by atoms with van der Waals surface area (Å²) in [5.41, 5.74) is 1.81. The second-order valence-electron chi connectivity index (χ2n) is 7.43. The quantitative estimate of drug-likeness (QED) is 0.601. The van der Waals surface area contributed by atoms with Gasteiger partial charge in [-0.1, -0.05) is 89.4 Å². The van der Waals surface area contributed by atoms with E-state index >= 15 is 0 Å². The Kier molecular flexibility index (Phi) is 8.55. The first kappa shape index (κ1) is 23.1. The van der Waals surface area contributed by atoms with Crippen LogP contribution in [0.15, 0.2) is 42.5 Å². The van der Waals surface area contributed by atoms with Crippen LogP contribution in [0, 0.1) is 17.2 Å². The number of fused-ring (bicyclic) bond motifs is 2. The average molecular weight is 404 g/mol. The fourth-order valence-electron chi connectivity index (χ4n) is 2.89. The molecule has 0 aromatic heterocycles. The molecule has 4 nitrogen and oxygen atoms in total. The van der Waals surface area contributed by atoms with Gasteiger partial charge in [-0.25, -0.2) is 4.79 Å². The van der Waals surface area contributed by atoms with Gasteiger partial charge in [0, 0.05) is 16.3 Å². The smallest absolute Gasteiger partial charge is 0.349 e. The number of unbranched alkanes of at least 4 members (excludes halogenated alkanes) is 1. The van der Waals surface area contributed by atoms with E-state index in [0.29, 0.717) is 21.6 Å². The molecule has 0 saturated heterocycles. The number of hydrogen-bond acceptors (Lipinski definition) is 4. The predicted octanol–water partition coefficient (Wildman–Crippen LogP) is 4.13. The molecule has 0 fully saturated rings. The fraction of sp³-hybridized carbons (Fsp3) is 0.346. The number of ketones is 1. The minimum atomic E-state index is -0.652. The highest BCUT2D eigenvalue weighted by molar-refractivity contribution is 6.17. The van der Waals surface area contributed by atoms with Gasteiger partial charge in [-0.05, 0) is 22.8 Å². The van der Waals surface area contributed by atoms with E-state index in [1.54, 1.807) is 24.3 Å². The summed E-state index contributed by atoms with van der Waals surface area (Å²) in [7, 11) is 0. The Hall–Kier alpha value is -3.19. The van der Waals surface area contributed by atoms with Crippen LogP contribution in [0.4, 0.5) is 0 Å². The van der Waals surface area contributed by atoms with Crippen LogP contribution in [0.2, 0.25) is 0 Å². The molecule has 4 heteroatoms. The Labute approximate surface area is 178 Å². The number of nitrogens with zero attached hydrogens (tertiary/aromatic N) is 1. The Morgan fingerprint density at radius 1 is 1.03 bits per heavy atom. The van der Waals surface area contributed by atoms with Crippen LogP contribution < -0.4 is 10.4 Å². The minimum Gasteiger partial charge on any atom is -0.461 e. The van der Waals surface area contributed by atoms with Gasteiger partial charge in [0.05, 0.1) is 6.61 Å². The average Bonchev–Trinajstić information content (AvgIpc) is 2.78. The SMILES string of the molecule is CCC(C)COC(=O)/C(C#N)=c1\cccc2c1=Cc1ccccc1C2=O.CCCC. The van der Waals surface area contributed by atoms with Crippen molar-refractivity contribution in [3.8, 4) is 6.07 Å². The molecule has 156 valence electrons. The first-order valence-corrected chi connectivity index (χ1v) is 10.5. The number of benzene rings is 2. The zero-order chi connectivity index (χ0) is 22.1. The lowest BCUT2D eigenvalue weighted by Crippen LogP contribution is -2.37. The largest absolute Gasteiger partial charge is 0.461 e. The topological polar surface area (TPSA) is 67.2 Å². The zero-order valence-electron chi connectivity index (χ0n) is 18.2. The number of esters is 1. The minimum absolute atomic E-state index is 0.0754. The van der Waals surface area contributed by atoms with E-state index in [4.69, 9.17) is 4.74 Å². The summed E-state index contributed by atoms with van der Waals surface area (Å²) in [6, 6.07) is 14.3. The number of nitriles is 1. The summed E-state index contributed by atoms with van der Waals surface area (Å²) < 4.78 is 5.29. The number of ether oxygens (including phenoxy) is 1. The molecule has 0 radical (unpaired) electrons. The van der Waals surface area contributed by atoms with E-state index in [1.807, 2.05) is 44.2 Å². The second-order valence-corrected chi connectivity index (χ2v) is 7.43. The lowest BCUT2D eigenvalue weighted by atomic mass is 9.90. The lowest BCUT2D eigenvalue weighted by Gasteiger charge is -2.13. The van der Waals surface area contributed by atoms with Crippen molar-refractivity contribution in [2.24, 2.45) is 5.92 Å². The first-order valence-electron chi connectivity index (χ1n) is 10.5. The maximum absolute atomic E-state index is 12.8. The van der Waals surface area contributed by atoms with Gasteiger partial charge in [0.1, 0.15) is 11.6 Å². The van der Waals surface area contributed by atoms with Crippen molar-refractivity contribution in [2.75, 3.05) is 6.61 Å². The summed E-state index contributed by atoms with van der Waals surface area (Å²) in [5, 5.41) is 10.6. The number of carbonyl (C=O) groups is 2. The van der Waals surface area contributed by atoms with Crippen molar-refractivity contribution >= 4 is 23.4 Å². The molecule has 1 unspecified atom stereocenters. The van der Waals surface area contributed by atoms with E-state index in [1.165, 1.54) is 12.8 Å². The maximum Gasteiger partial charge on any atom is 0.349 e. The third kappa shape index (κ3) is 5.24. The van der Waals surface area contributed by atoms with E-state index in [9.17, 15) is 14.9 Å². The van der Waals surface area contributed by atoms with Crippen LogP contribution >= 0.6 is 0 Å². The maximum atomic E-state index is 12.8. The molecule has 1 aliphatic rings. The van der Waals surface area contributed by atoms with Crippen molar-refractivity contribution in [1.29, 1.82) is 5.26 Å². The zero-order valence-corrected chi connectivity index (χ0v) is 18.2. The summed E-state index contributed by atoms with van der Waals surface area (Å²) in [6.45, 7) is 8.62. The summed E-state index contributed by atoms with van der Waals surface area (Å²) >= 11 is 0. The lowest BCUT2D eigenvalue weighted by molar-refractivity contribution is -0.137. The molecule has 2 aromatic carbocycles. The first-order chi connectivity index (χ1) is 14.5. The van der Waals surface area contributed by atoms with Crippen molar-refractivity contribution < 1.29 is 14.3 Å². The van der Waals surface area contributed by atoms with E-state index in [2.05, 4.69) is 13.8 Å². The Morgan fingerprint density at radius 2 is 1.70 bits per heavy atom. The van der Waals surface area contributed by atoms with E-state index in [0.717, 1.165) is 12.0 Å². The highest BCUT2D eigenvalue weighted by atomic mass is 16.5. The van der Waals surface area contributed by atoms with Crippen LogP contribution in [0.25, 0.3) is 11.6 Å². The van der Waals surface area contributed by atoms with Gasteiger partial charge in [0.15, 0.2) is 5.78 Å². The fourth-order valence-corrected chi connectivity index (χ4v) is 2.89. The molecule has 0 heterocycles. The molecule has 2 aromatic rings. The molecule has 0 N–H and O–H groups in total. The molecular weight excluding hydrogens is 374 g/mol. The molecule has 0 bridgehead atoms. The molecule has 30 heavy (non-hydrogen) atoms. The third-order valence-corrected chi connectivity index (χ3v) is 5.14. The number of rotatable bonds is 5. The van der Waals surface area contributed by atoms with Crippen molar-refractivity contribution in [3.05, 3.63) is 69.6 Å². The summed E-state index contributed by atoms with van der Waals surface area (Å²) in [5.74, 6) is -0.533. The number of carbonyl (C=O) groups excluding carboxylic acids is 2. The van der Waals surface area contributed by atoms with Crippen LogP contribution in [-0.2, 0) is 9.53 Å². The van der Waals surface area contributed by atoms with Crippen LogP contribution in [0.3, 0.4) is 0 Å². The van der Waals surface area contributed by atoms with E-state index < -0.39 is 5.97 Å². The highest BCUT2D eigenvalue weighted by Gasteiger charge is 2.21. The summed E-state index contributed by atoms with van der Waals surface area (Å²) in [6.07, 6.45) is 5.37. The van der Waals surface area contributed by atoms with Gasteiger partial charge in [0.2, 0.25) is 0 Å². The Morgan fingerprint density at radius 3 is 2.33 bits per heavy atom. The Bertz CT molecular complexity index is 1070. The summed E-state index contributed by atoms with van der Waals surface area (Å²) in [4.78, 5) is 25.2. The molecule has 3 rings (SSSR count). The van der Waals surface area contributed by atoms with Gasteiger partial charge < -0.3 is 4.74 Å². The molecular formula is C26H29NO3.